The number of nitrogens with zero attached hydrogens (tertiary/aromatic N) is 2. The van der Waals surface area contributed by atoms with E-state index in [1.807, 2.05) is 23.1 Å². The van der Waals surface area contributed by atoms with E-state index < -0.39 is 6.10 Å². The van der Waals surface area contributed by atoms with Gasteiger partial charge in [-0.15, -0.1) is 0 Å². The van der Waals surface area contributed by atoms with Crippen LogP contribution in [0.15, 0.2) is 24.3 Å². The molecule has 0 unspecified atom stereocenters. The third-order valence-corrected chi connectivity index (χ3v) is 5.30. The van der Waals surface area contributed by atoms with Crippen LogP contribution in [0.25, 0.3) is 0 Å². The second-order valence-electron chi connectivity index (χ2n) is 7.23. The van der Waals surface area contributed by atoms with Gasteiger partial charge in [-0.3, -0.25) is 4.79 Å². The van der Waals surface area contributed by atoms with Crippen molar-refractivity contribution in [3.63, 3.8) is 0 Å². The van der Waals surface area contributed by atoms with Gasteiger partial charge in [-0.25, -0.2) is 4.79 Å². The Balaban J connectivity index is 1.44. The Bertz CT molecular complexity index is 652. The highest BCUT2D eigenvalue weighted by Gasteiger charge is 2.40. The zero-order valence-corrected chi connectivity index (χ0v) is 14.1. The van der Waals surface area contributed by atoms with Crippen LogP contribution in [0.3, 0.4) is 0 Å². The molecule has 4 rings (SSSR count). The largest absolute Gasteiger partial charge is 0.448 e. The first-order valence-electron chi connectivity index (χ1n) is 8.93. The number of amides is 1. The number of carbonyl (C=O) groups is 2. The normalized spacial score (nSPS) is 22.9. The molecule has 1 aromatic rings. The molecule has 1 heterocycles. The van der Waals surface area contributed by atoms with E-state index in [9.17, 15) is 9.59 Å². The van der Waals surface area contributed by atoms with Gasteiger partial charge in [0.2, 0.25) is 0 Å². The molecule has 0 bridgehead atoms. The van der Waals surface area contributed by atoms with Gasteiger partial charge in [0.05, 0.1) is 5.56 Å². The van der Waals surface area contributed by atoms with Crippen LogP contribution in [0.2, 0.25) is 0 Å². The molecule has 1 amide bonds. The summed E-state index contributed by atoms with van der Waals surface area (Å²) in [5.41, 5.74) is 1.51. The predicted molar refractivity (Wildman–Crippen MR) is 89.7 cm³/mol. The third-order valence-electron chi connectivity index (χ3n) is 5.30. The van der Waals surface area contributed by atoms with Crippen molar-refractivity contribution in [3.8, 4) is 0 Å². The predicted octanol–water partition coefficient (Wildman–Crippen LogP) is 1.85. The number of carbonyl (C=O) groups excluding carboxylic acids is 2. The lowest BCUT2D eigenvalue weighted by Crippen LogP contribution is -2.47. The number of rotatable bonds is 6. The van der Waals surface area contributed by atoms with Crippen LogP contribution >= 0.6 is 0 Å². The van der Waals surface area contributed by atoms with Crippen LogP contribution < -0.4 is 0 Å². The summed E-state index contributed by atoms with van der Waals surface area (Å²) in [6.07, 6.45) is 4.49. The molecule has 2 saturated carbocycles. The first kappa shape index (κ1) is 15.6. The Morgan fingerprint density at radius 1 is 1.12 bits per heavy atom. The van der Waals surface area contributed by atoms with Gasteiger partial charge in [0.25, 0.3) is 5.91 Å². The number of cyclic esters (lactones) is 1. The monoisotopic (exact) mass is 328 g/mol. The van der Waals surface area contributed by atoms with Crippen molar-refractivity contribution in [2.75, 3.05) is 20.1 Å². The molecule has 1 aromatic carbocycles. The van der Waals surface area contributed by atoms with Gasteiger partial charge in [-0.2, -0.15) is 0 Å². The molecule has 5 nitrogen and oxygen atoms in total. The summed E-state index contributed by atoms with van der Waals surface area (Å²) in [4.78, 5) is 29.4. The molecule has 1 atom stereocenters. The van der Waals surface area contributed by atoms with Crippen molar-refractivity contribution < 1.29 is 14.3 Å². The zero-order chi connectivity index (χ0) is 16.7. The molecule has 0 aromatic heterocycles. The molecule has 5 heteroatoms. The maximum absolute atomic E-state index is 13.0. The molecular formula is C19H24N2O3. The zero-order valence-electron chi connectivity index (χ0n) is 14.1. The third kappa shape index (κ3) is 3.18. The van der Waals surface area contributed by atoms with Crippen molar-refractivity contribution >= 4 is 11.9 Å². The molecule has 2 fully saturated rings. The number of likely N-dealkylation sites (N-methyl/N-ethyl adjacent to an activating group) is 1. The minimum absolute atomic E-state index is 0.0236. The Kier molecular flexibility index (Phi) is 4.04. The maximum Gasteiger partial charge on any atom is 0.339 e. The van der Waals surface area contributed by atoms with Crippen LogP contribution in [0.5, 0.6) is 0 Å². The number of hydrogen-bond acceptors (Lipinski definition) is 4. The van der Waals surface area contributed by atoms with E-state index in [1.165, 1.54) is 12.8 Å². The van der Waals surface area contributed by atoms with E-state index in [2.05, 4.69) is 11.9 Å². The second-order valence-corrected chi connectivity index (χ2v) is 7.23. The molecule has 128 valence electrons. The van der Waals surface area contributed by atoms with Crippen LogP contribution in [0.4, 0.5) is 0 Å². The molecule has 0 saturated heterocycles. The summed E-state index contributed by atoms with van der Waals surface area (Å²) in [6, 6.07) is 8.44. The fraction of sp³-hybridized carbons (Fsp3) is 0.579. The van der Waals surface area contributed by atoms with Crippen molar-refractivity contribution in [1.29, 1.82) is 0 Å². The van der Waals surface area contributed by atoms with E-state index in [0.29, 0.717) is 24.1 Å². The average Bonchev–Trinajstić information content (AvgIpc) is 3.47. The van der Waals surface area contributed by atoms with Crippen LogP contribution in [0, 0.1) is 0 Å². The van der Waals surface area contributed by atoms with E-state index in [-0.39, 0.29) is 11.9 Å². The highest BCUT2D eigenvalue weighted by molar-refractivity contribution is 5.95. The number of ether oxygens (including phenoxy) is 1. The van der Waals surface area contributed by atoms with E-state index >= 15 is 0 Å². The lowest BCUT2D eigenvalue weighted by atomic mass is 9.98. The highest BCUT2D eigenvalue weighted by atomic mass is 16.5. The first-order valence-corrected chi connectivity index (χ1v) is 8.93. The van der Waals surface area contributed by atoms with Gasteiger partial charge in [-0.05, 0) is 44.4 Å². The number of esters is 1. The number of fused-ring (bicyclic) bond motifs is 1. The summed E-state index contributed by atoms with van der Waals surface area (Å²) in [6.45, 7) is 1.62. The molecular weight excluding hydrogens is 304 g/mol. The van der Waals surface area contributed by atoms with Crippen LogP contribution in [-0.4, -0.2) is 60.0 Å². The minimum Gasteiger partial charge on any atom is -0.448 e. The molecule has 1 aliphatic heterocycles. The van der Waals surface area contributed by atoms with Crippen molar-refractivity contribution in [2.24, 2.45) is 0 Å². The van der Waals surface area contributed by atoms with E-state index in [4.69, 9.17) is 4.74 Å². The van der Waals surface area contributed by atoms with Crippen LogP contribution in [-0.2, 0) is 16.0 Å². The van der Waals surface area contributed by atoms with Gasteiger partial charge >= 0.3 is 5.97 Å². The molecule has 2 aliphatic carbocycles. The molecule has 3 aliphatic rings. The van der Waals surface area contributed by atoms with Crippen molar-refractivity contribution in [1.82, 2.24) is 9.80 Å². The summed E-state index contributed by atoms with van der Waals surface area (Å²) in [7, 11) is 2.13. The van der Waals surface area contributed by atoms with Crippen LogP contribution in [0.1, 0.15) is 41.6 Å². The van der Waals surface area contributed by atoms with E-state index in [0.717, 1.165) is 31.5 Å². The summed E-state index contributed by atoms with van der Waals surface area (Å²) in [5.74, 6) is -0.398. The van der Waals surface area contributed by atoms with Gasteiger partial charge in [-0.1, -0.05) is 18.2 Å². The lowest BCUT2D eigenvalue weighted by Gasteiger charge is -2.31. The molecule has 0 N–H and O–H groups in total. The number of benzene rings is 1. The first-order chi connectivity index (χ1) is 11.6. The Labute approximate surface area is 142 Å². The summed E-state index contributed by atoms with van der Waals surface area (Å²) >= 11 is 0. The van der Waals surface area contributed by atoms with E-state index in [1.54, 1.807) is 6.07 Å². The number of hydrogen-bond donors (Lipinski definition) is 0. The Hall–Kier alpha value is -1.88. The summed E-state index contributed by atoms with van der Waals surface area (Å²) < 4.78 is 5.46. The smallest absolute Gasteiger partial charge is 0.339 e. The lowest BCUT2D eigenvalue weighted by molar-refractivity contribution is -0.142. The van der Waals surface area contributed by atoms with Gasteiger partial charge in [0.15, 0.2) is 6.10 Å². The highest BCUT2D eigenvalue weighted by Crippen LogP contribution is 2.30. The second kappa shape index (κ2) is 6.20. The average molecular weight is 328 g/mol. The maximum atomic E-state index is 13.0. The summed E-state index contributed by atoms with van der Waals surface area (Å²) in [5, 5.41) is 0. The Morgan fingerprint density at radius 3 is 2.54 bits per heavy atom. The molecule has 0 spiro atoms. The molecule has 0 radical (unpaired) electrons. The fourth-order valence-electron chi connectivity index (χ4n) is 3.48. The van der Waals surface area contributed by atoms with Crippen molar-refractivity contribution in [2.45, 2.75) is 50.3 Å². The minimum atomic E-state index is -0.667. The standard InChI is InChI=1S/C19H24N2O3/c1-20(14-6-7-14)10-11-21(15-8-9-15)18(22)17-12-13-4-2-3-5-16(13)19(23)24-17/h2-5,14-15,17H,6-12H2,1H3/t17-/m1/s1. The Morgan fingerprint density at radius 2 is 1.83 bits per heavy atom. The topological polar surface area (TPSA) is 49.9 Å². The van der Waals surface area contributed by atoms with Gasteiger partial charge in [0, 0.05) is 31.6 Å². The van der Waals surface area contributed by atoms with Gasteiger partial charge < -0.3 is 14.5 Å². The molecule has 24 heavy (non-hydrogen) atoms. The van der Waals surface area contributed by atoms with Gasteiger partial charge in [0.1, 0.15) is 0 Å². The quantitative estimate of drug-likeness (QED) is 0.748. The fourth-order valence-corrected chi connectivity index (χ4v) is 3.48. The van der Waals surface area contributed by atoms with Crippen molar-refractivity contribution in [3.05, 3.63) is 35.4 Å². The SMILES string of the molecule is CN(CCN(C(=O)[C@H]1Cc2ccccc2C(=O)O1)C1CC1)C1CC1.